The molecule has 0 fully saturated rings. The topological polar surface area (TPSA) is 134 Å². The zero-order chi connectivity index (χ0) is 22.2. The summed E-state index contributed by atoms with van der Waals surface area (Å²) in [5.74, 6) is -1.33. The van der Waals surface area contributed by atoms with Crippen LogP contribution in [0.5, 0.6) is 5.75 Å². The van der Waals surface area contributed by atoms with Crippen LogP contribution in [-0.4, -0.2) is 30.1 Å². The van der Waals surface area contributed by atoms with Gasteiger partial charge in [-0.25, -0.2) is 8.42 Å². The minimum Gasteiger partial charge on any atom is -0.476 e. The molecule has 0 radical (unpaired) electrons. The second kappa shape index (κ2) is 7.77. The molecule has 0 aliphatic carbocycles. The molecular weight excluding hydrogens is 418 g/mol. The Hall–Kier alpha value is -3.85. The molecule has 9 heteroatoms. The molecule has 1 aromatic heterocycles. The number of fused-ring (bicyclic) bond motifs is 3. The molecule has 0 saturated carbocycles. The minimum absolute atomic E-state index is 0.202. The average Bonchev–Trinajstić information content (AvgIpc) is 3.07. The molecular formula is C22H19N3O5S. The van der Waals surface area contributed by atoms with Gasteiger partial charge in [0.05, 0.1) is 16.4 Å². The third-order valence-corrected chi connectivity index (χ3v) is 6.04. The van der Waals surface area contributed by atoms with Crippen molar-refractivity contribution in [3.8, 4) is 5.75 Å². The highest BCUT2D eigenvalue weighted by molar-refractivity contribution is 8.05. The van der Waals surface area contributed by atoms with Crippen LogP contribution in [0.15, 0.2) is 66.7 Å². The summed E-state index contributed by atoms with van der Waals surface area (Å²) < 4.78 is 31.2. The van der Waals surface area contributed by atoms with Gasteiger partial charge in [-0.05, 0) is 29.8 Å². The highest BCUT2D eigenvalue weighted by Gasteiger charge is 2.23. The van der Waals surface area contributed by atoms with Crippen molar-refractivity contribution < 1.29 is 22.7 Å². The van der Waals surface area contributed by atoms with Gasteiger partial charge in [-0.1, -0.05) is 42.5 Å². The molecule has 4 rings (SSSR count). The normalized spacial score (nSPS) is 11.6. The minimum atomic E-state index is -4.27. The molecule has 158 valence electrons. The first-order valence-corrected chi connectivity index (χ1v) is 11.0. The second-order valence-electron chi connectivity index (χ2n) is 6.98. The van der Waals surface area contributed by atoms with E-state index in [1.807, 2.05) is 47.0 Å². The lowest BCUT2D eigenvalue weighted by Crippen LogP contribution is -2.26. The number of sulfone groups is 1. The number of primary amides is 2. The summed E-state index contributed by atoms with van der Waals surface area (Å²) in [6, 6.07) is 20.1. The van der Waals surface area contributed by atoms with Crippen molar-refractivity contribution >= 4 is 42.8 Å². The molecule has 0 unspecified atom stereocenters. The number of nitrogens with zero attached hydrogens (tertiary/aromatic N) is 1. The largest absolute Gasteiger partial charge is 0.476 e. The van der Waals surface area contributed by atoms with Crippen molar-refractivity contribution in [2.75, 3.05) is 5.94 Å². The SMILES string of the molecule is NC(=O)c1cccc2c1c1c(OCS(=O)(=O)C(N)=O)cccc1n2Cc1ccccc1. The lowest BCUT2D eigenvalue weighted by molar-refractivity contribution is 0.100. The van der Waals surface area contributed by atoms with Crippen LogP contribution in [0.3, 0.4) is 0 Å². The molecule has 4 aromatic rings. The third-order valence-electron chi connectivity index (χ3n) is 5.00. The quantitative estimate of drug-likeness (QED) is 0.478. The zero-order valence-corrected chi connectivity index (χ0v) is 17.1. The molecule has 31 heavy (non-hydrogen) atoms. The average molecular weight is 437 g/mol. The molecule has 0 bridgehead atoms. The standard InChI is InChI=1S/C22H19N3O5S/c23-21(26)15-8-4-9-16-19(15)20-17(25(16)12-14-6-2-1-3-7-14)10-5-11-18(20)30-13-31(28,29)22(24)27/h1-11H,12-13H2,(H2,23,26)(H2,24,27). The summed E-state index contributed by atoms with van der Waals surface area (Å²) in [6.07, 6.45) is 0. The van der Waals surface area contributed by atoms with Gasteiger partial charge in [0.2, 0.25) is 5.91 Å². The molecule has 0 spiro atoms. The van der Waals surface area contributed by atoms with Crippen LogP contribution in [0.4, 0.5) is 4.79 Å². The van der Waals surface area contributed by atoms with Gasteiger partial charge in [-0.2, -0.15) is 0 Å². The maximum atomic E-state index is 12.2. The molecule has 8 nitrogen and oxygen atoms in total. The summed E-state index contributed by atoms with van der Waals surface area (Å²) in [6.45, 7) is 0.506. The monoisotopic (exact) mass is 437 g/mol. The fourth-order valence-electron chi connectivity index (χ4n) is 3.61. The van der Waals surface area contributed by atoms with E-state index in [-0.39, 0.29) is 11.3 Å². The Labute approximate surface area is 177 Å². The van der Waals surface area contributed by atoms with E-state index < -0.39 is 26.9 Å². The summed E-state index contributed by atoms with van der Waals surface area (Å²) in [7, 11) is -4.27. The van der Waals surface area contributed by atoms with E-state index in [9.17, 15) is 18.0 Å². The van der Waals surface area contributed by atoms with E-state index in [4.69, 9.17) is 16.2 Å². The Morgan fingerprint density at radius 2 is 1.48 bits per heavy atom. The number of carbonyl (C=O) groups excluding carboxylic acids is 2. The van der Waals surface area contributed by atoms with E-state index in [2.05, 4.69) is 0 Å². The first kappa shape index (κ1) is 20.4. The van der Waals surface area contributed by atoms with Crippen LogP contribution in [0.25, 0.3) is 21.8 Å². The van der Waals surface area contributed by atoms with E-state index in [0.717, 1.165) is 16.6 Å². The molecule has 0 aliphatic rings. The predicted octanol–water partition coefficient (Wildman–Crippen LogP) is 2.77. The van der Waals surface area contributed by atoms with Gasteiger partial charge in [-0.15, -0.1) is 0 Å². The van der Waals surface area contributed by atoms with Gasteiger partial charge >= 0.3 is 5.24 Å². The van der Waals surface area contributed by atoms with Crippen molar-refractivity contribution in [1.82, 2.24) is 4.57 Å². The van der Waals surface area contributed by atoms with Gasteiger partial charge in [0.1, 0.15) is 5.75 Å². The number of hydrogen-bond acceptors (Lipinski definition) is 5. The van der Waals surface area contributed by atoms with Gasteiger partial charge < -0.3 is 20.8 Å². The molecule has 0 aliphatic heterocycles. The molecule has 0 saturated heterocycles. The van der Waals surface area contributed by atoms with Crippen LogP contribution in [0, 0.1) is 0 Å². The first-order chi connectivity index (χ1) is 14.8. The van der Waals surface area contributed by atoms with E-state index in [1.165, 1.54) is 0 Å². The van der Waals surface area contributed by atoms with Crippen LogP contribution >= 0.6 is 0 Å². The lowest BCUT2D eigenvalue weighted by Gasteiger charge is -2.09. The first-order valence-electron chi connectivity index (χ1n) is 9.32. The van der Waals surface area contributed by atoms with Gasteiger partial charge in [0.25, 0.3) is 9.84 Å². The number of aromatic nitrogens is 1. The number of rotatable bonds is 6. The Morgan fingerprint density at radius 3 is 2.13 bits per heavy atom. The van der Waals surface area contributed by atoms with Crippen LogP contribution in [0.1, 0.15) is 15.9 Å². The number of amides is 2. The van der Waals surface area contributed by atoms with Crippen LogP contribution in [-0.2, 0) is 16.4 Å². The Morgan fingerprint density at radius 1 is 0.839 bits per heavy atom. The maximum Gasteiger partial charge on any atom is 0.337 e. The number of carbonyl (C=O) groups is 2. The molecule has 0 atom stereocenters. The van der Waals surface area contributed by atoms with Gasteiger partial charge in [0.15, 0.2) is 5.94 Å². The smallest absolute Gasteiger partial charge is 0.337 e. The van der Waals surface area contributed by atoms with Crippen molar-refractivity contribution in [2.45, 2.75) is 6.54 Å². The predicted molar refractivity (Wildman–Crippen MR) is 118 cm³/mol. The van der Waals surface area contributed by atoms with Gasteiger partial charge in [-0.3, -0.25) is 9.59 Å². The third kappa shape index (κ3) is 3.71. The van der Waals surface area contributed by atoms with Gasteiger partial charge in [0, 0.05) is 17.5 Å². The number of ether oxygens (including phenoxy) is 1. The molecule has 3 aromatic carbocycles. The number of nitrogens with two attached hydrogens (primary N) is 2. The van der Waals surface area contributed by atoms with Crippen molar-refractivity contribution in [3.05, 3.63) is 77.9 Å². The second-order valence-corrected chi connectivity index (χ2v) is 8.85. The maximum absolute atomic E-state index is 12.2. The molecule has 1 heterocycles. The fraction of sp³-hybridized carbons (Fsp3) is 0.0909. The van der Waals surface area contributed by atoms with Crippen LogP contribution in [0.2, 0.25) is 0 Å². The summed E-state index contributed by atoms with van der Waals surface area (Å²) in [5, 5.41) is -0.389. The van der Waals surface area contributed by atoms with E-state index >= 15 is 0 Å². The lowest BCUT2D eigenvalue weighted by atomic mass is 10.1. The number of hydrogen-bond donors (Lipinski definition) is 2. The summed E-state index contributed by atoms with van der Waals surface area (Å²) >= 11 is 0. The Kier molecular flexibility index (Phi) is 5.12. The Balaban J connectivity index is 1.97. The van der Waals surface area contributed by atoms with Crippen molar-refractivity contribution in [2.24, 2.45) is 11.5 Å². The number of benzene rings is 3. The summed E-state index contributed by atoms with van der Waals surface area (Å²) in [4.78, 5) is 23.3. The highest BCUT2D eigenvalue weighted by Crippen LogP contribution is 2.38. The van der Waals surface area contributed by atoms with Crippen molar-refractivity contribution in [1.29, 1.82) is 0 Å². The van der Waals surface area contributed by atoms with E-state index in [0.29, 0.717) is 17.3 Å². The zero-order valence-electron chi connectivity index (χ0n) is 16.3. The highest BCUT2D eigenvalue weighted by atomic mass is 32.2. The Bertz CT molecular complexity index is 1430. The van der Waals surface area contributed by atoms with E-state index in [1.54, 1.807) is 24.3 Å². The molecule has 2 amide bonds. The fourth-order valence-corrected chi connectivity index (χ4v) is 4.01. The molecule has 4 N–H and O–H groups in total. The van der Waals surface area contributed by atoms with Crippen molar-refractivity contribution in [3.63, 3.8) is 0 Å². The summed E-state index contributed by atoms with van der Waals surface area (Å²) in [5.41, 5.74) is 13.3. The van der Waals surface area contributed by atoms with Crippen LogP contribution < -0.4 is 16.2 Å².